The van der Waals surface area contributed by atoms with Gasteiger partial charge in [0.25, 0.3) is 0 Å². The van der Waals surface area contributed by atoms with E-state index in [-0.39, 0.29) is 13.2 Å². The van der Waals surface area contributed by atoms with E-state index in [1.54, 1.807) is 0 Å². The Hall–Kier alpha value is -3.80. The molecule has 0 saturated carbocycles. The highest BCUT2D eigenvalue weighted by Crippen LogP contribution is 2.44. The summed E-state index contributed by atoms with van der Waals surface area (Å²) in [6.45, 7) is 9.82. The van der Waals surface area contributed by atoms with Crippen molar-refractivity contribution in [2.75, 3.05) is 13.2 Å². The van der Waals surface area contributed by atoms with Crippen LogP contribution in [0.3, 0.4) is 0 Å². The molecule has 0 heterocycles. The van der Waals surface area contributed by atoms with Gasteiger partial charge in [0, 0.05) is 21.5 Å². The summed E-state index contributed by atoms with van der Waals surface area (Å²) in [5, 5.41) is 2.57. The minimum absolute atomic E-state index is 0.265. The number of benzene rings is 3. The van der Waals surface area contributed by atoms with Gasteiger partial charge in [0.2, 0.25) is 0 Å². The Morgan fingerprint density at radius 2 is 1.23 bits per heavy atom. The quantitative estimate of drug-likeness (QED) is 0.0866. The Balaban J connectivity index is 1.90. The molecule has 0 radical (unpaired) electrons. The first kappa shape index (κ1) is 25.8. The molecule has 6 heteroatoms. The van der Waals surface area contributed by atoms with Crippen molar-refractivity contribution in [3.8, 4) is 11.5 Å². The summed E-state index contributed by atoms with van der Waals surface area (Å²) in [6, 6.07) is 12.9. The van der Waals surface area contributed by atoms with Gasteiger partial charge < -0.3 is 18.9 Å². The van der Waals surface area contributed by atoms with Gasteiger partial charge in [0.05, 0.1) is 13.2 Å². The summed E-state index contributed by atoms with van der Waals surface area (Å²) in [5.74, 6) is 0.732. The number of hydrogen-bond donors (Lipinski definition) is 0. The number of carbonyl (C=O) groups excluding carboxylic acids is 2. The normalized spacial score (nSPS) is 10.7. The predicted octanol–water partition coefficient (Wildman–Crippen LogP) is 8.04. The highest BCUT2D eigenvalue weighted by molar-refractivity contribution is 6.13. The summed E-state index contributed by atoms with van der Waals surface area (Å²) in [7, 11) is 0. The lowest BCUT2D eigenvalue weighted by Crippen LogP contribution is -2.14. The Labute approximate surface area is 206 Å². The number of aryl methyl sites for hydroxylation is 1. The third-order valence-corrected chi connectivity index (χ3v) is 5.58. The maximum absolute atomic E-state index is 12.5. The molecule has 0 saturated heterocycles. The van der Waals surface area contributed by atoms with Crippen LogP contribution >= 0.6 is 0 Å². The molecule has 35 heavy (non-hydrogen) atoms. The van der Waals surface area contributed by atoms with Crippen LogP contribution in [0.5, 0.6) is 11.5 Å². The molecule has 0 aliphatic heterocycles. The average molecular weight is 477 g/mol. The topological polar surface area (TPSA) is 71.1 Å². The van der Waals surface area contributed by atoms with E-state index < -0.39 is 12.3 Å². The molecule has 3 aromatic carbocycles. The molecule has 184 valence electrons. The molecule has 0 unspecified atom stereocenters. The van der Waals surface area contributed by atoms with Crippen LogP contribution in [0.15, 0.2) is 67.8 Å². The summed E-state index contributed by atoms with van der Waals surface area (Å²) in [6.07, 6.45) is 7.08. The van der Waals surface area contributed by atoms with E-state index in [1.165, 1.54) is 0 Å². The summed E-state index contributed by atoms with van der Waals surface area (Å²) in [5.41, 5.74) is 0.865. The van der Waals surface area contributed by atoms with Gasteiger partial charge in [-0.25, -0.2) is 9.59 Å². The van der Waals surface area contributed by atoms with Crippen LogP contribution in [0, 0.1) is 6.92 Å². The van der Waals surface area contributed by atoms with Crippen molar-refractivity contribution in [1.29, 1.82) is 0 Å². The maximum Gasteiger partial charge on any atom is 0.513 e. The van der Waals surface area contributed by atoms with Gasteiger partial charge >= 0.3 is 12.3 Å². The largest absolute Gasteiger partial charge is 0.513 e. The number of fused-ring (bicyclic) bond motifs is 2. The van der Waals surface area contributed by atoms with Gasteiger partial charge in [-0.3, -0.25) is 0 Å². The van der Waals surface area contributed by atoms with Gasteiger partial charge in [0.1, 0.15) is 5.75 Å². The van der Waals surface area contributed by atoms with E-state index in [1.807, 2.05) is 61.5 Å². The summed E-state index contributed by atoms with van der Waals surface area (Å²) in [4.78, 5) is 25.0. The number of ether oxygens (including phenoxy) is 4. The second kappa shape index (κ2) is 13.2. The molecular formula is C29H32O6. The summed E-state index contributed by atoms with van der Waals surface area (Å²) < 4.78 is 22.0. The van der Waals surface area contributed by atoms with E-state index in [9.17, 15) is 9.59 Å². The number of hydrogen-bond acceptors (Lipinski definition) is 6. The zero-order valence-electron chi connectivity index (χ0n) is 20.2. The molecule has 0 aliphatic rings. The van der Waals surface area contributed by atoms with Crippen molar-refractivity contribution < 1.29 is 28.5 Å². The Kier molecular flexibility index (Phi) is 9.72. The molecule has 0 aromatic heterocycles. The van der Waals surface area contributed by atoms with Crippen LogP contribution in [0.1, 0.15) is 44.1 Å². The first-order valence-electron chi connectivity index (χ1n) is 11.9. The fraction of sp³-hybridized carbons (Fsp3) is 0.310. The van der Waals surface area contributed by atoms with Gasteiger partial charge in [-0.15, -0.1) is 13.2 Å². The van der Waals surface area contributed by atoms with Crippen LogP contribution in [0.2, 0.25) is 0 Å². The molecule has 0 atom stereocenters. The SMILES string of the molecule is C=CCCCCOC(=O)Oc1c2ccccc2c(OC(=O)OCCCCC=C)c2c(C)cccc12. The molecule has 0 amide bonds. The smallest absolute Gasteiger partial charge is 0.434 e. The van der Waals surface area contributed by atoms with Crippen LogP contribution in [-0.2, 0) is 9.47 Å². The monoisotopic (exact) mass is 476 g/mol. The first-order valence-corrected chi connectivity index (χ1v) is 11.9. The summed E-state index contributed by atoms with van der Waals surface area (Å²) >= 11 is 0. The molecule has 3 aromatic rings. The van der Waals surface area contributed by atoms with Crippen molar-refractivity contribution in [1.82, 2.24) is 0 Å². The standard InChI is InChI=1S/C29H32O6/c1-4-6-8-12-19-32-28(30)34-26-22-16-10-11-17-23(22)27(25-21(3)15-14-18-24(25)26)35-29(31)33-20-13-9-7-5-2/h4-5,10-11,14-18H,1-2,6-9,12-13,19-20H2,3H3. The molecule has 0 bridgehead atoms. The molecule has 0 N–H and O–H groups in total. The molecule has 6 nitrogen and oxygen atoms in total. The maximum atomic E-state index is 12.5. The van der Waals surface area contributed by atoms with Crippen molar-refractivity contribution >= 4 is 33.9 Å². The van der Waals surface area contributed by atoms with Crippen molar-refractivity contribution in [2.45, 2.75) is 45.4 Å². The zero-order valence-corrected chi connectivity index (χ0v) is 20.2. The van der Waals surface area contributed by atoms with Crippen LogP contribution in [-0.4, -0.2) is 25.5 Å². The number of carbonyl (C=O) groups is 2. The van der Waals surface area contributed by atoms with E-state index in [0.29, 0.717) is 33.0 Å². The van der Waals surface area contributed by atoms with Crippen LogP contribution < -0.4 is 9.47 Å². The molecule has 0 aliphatic carbocycles. The van der Waals surface area contributed by atoms with E-state index in [0.717, 1.165) is 44.1 Å². The fourth-order valence-electron chi connectivity index (χ4n) is 3.85. The van der Waals surface area contributed by atoms with Crippen molar-refractivity contribution in [3.63, 3.8) is 0 Å². The minimum Gasteiger partial charge on any atom is -0.434 e. The molecule has 3 rings (SSSR count). The second-order valence-corrected chi connectivity index (χ2v) is 8.17. The Bertz CT molecular complexity index is 1200. The average Bonchev–Trinajstić information content (AvgIpc) is 2.85. The highest BCUT2D eigenvalue weighted by Gasteiger charge is 2.22. The van der Waals surface area contributed by atoms with Crippen molar-refractivity contribution in [3.05, 3.63) is 73.3 Å². The van der Waals surface area contributed by atoms with Gasteiger partial charge in [0.15, 0.2) is 5.75 Å². The number of rotatable bonds is 12. The molecule has 0 spiro atoms. The number of unbranched alkanes of at least 4 members (excludes halogenated alkanes) is 4. The third kappa shape index (κ3) is 6.85. The lowest BCUT2D eigenvalue weighted by Gasteiger charge is -2.17. The minimum atomic E-state index is -0.774. The van der Waals surface area contributed by atoms with Crippen LogP contribution in [0.25, 0.3) is 21.5 Å². The highest BCUT2D eigenvalue weighted by atomic mass is 16.7. The van der Waals surface area contributed by atoms with E-state index in [2.05, 4.69) is 13.2 Å². The van der Waals surface area contributed by atoms with Gasteiger partial charge in [-0.1, -0.05) is 54.6 Å². The van der Waals surface area contributed by atoms with E-state index >= 15 is 0 Å². The predicted molar refractivity (Wildman–Crippen MR) is 138 cm³/mol. The van der Waals surface area contributed by atoms with Gasteiger partial charge in [-0.2, -0.15) is 0 Å². The first-order chi connectivity index (χ1) is 17.1. The zero-order chi connectivity index (χ0) is 25.0. The third-order valence-electron chi connectivity index (χ3n) is 5.58. The molecule has 0 fully saturated rings. The Morgan fingerprint density at radius 3 is 1.80 bits per heavy atom. The Morgan fingerprint density at radius 1 is 0.714 bits per heavy atom. The van der Waals surface area contributed by atoms with Gasteiger partial charge in [-0.05, 0) is 51.0 Å². The second-order valence-electron chi connectivity index (χ2n) is 8.17. The van der Waals surface area contributed by atoms with Crippen LogP contribution in [0.4, 0.5) is 9.59 Å². The lowest BCUT2D eigenvalue weighted by molar-refractivity contribution is 0.0968. The molecular weight excluding hydrogens is 444 g/mol. The lowest BCUT2D eigenvalue weighted by atomic mass is 9.97. The fourth-order valence-corrected chi connectivity index (χ4v) is 3.85. The number of allylic oxidation sites excluding steroid dienone is 2. The van der Waals surface area contributed by atoms with Crippen molar-refractivity contribution in [2.24, 2.45) is 0 Å². The van der Waals surface area contributed by atoms with E-state index in [4.69, 9.17) is 18.9 Å².